The molecule has 0 atom stereocenters. The van der Waals surface area contributed by atoms with Crippen molar-refractivity contribution in [3.8, 4) is 5.69 Å². The summed E-state index contributed by atoms with van der Waals surface area (Å²) in [5, 5.41) is 10.8. The van der Waals surface area contributed by atoms with Gasteiger partial charge in [-0.05, 0) is 25.1 Å². The van der Waals surface area contributed by atoms with E-state index in [1.54, 1.807) is 23.7 Å². The second kappa shape index (κ2) is 9.19. The molecule has 134 valence electrons. The van der Waals surface area contributed by atoms with Gasteiger partial charge in [-0.2, -0.15) is 5.10 Å². The molecule has 2 N–H and O–H groups in total. The standard InChI is InChI=1S/C17H21ClN4O3/c1-3-25-17(24)15-10-21-22(14-6-4-5-13(18)9-14)16(15)11-19-7-8-20-12(2)23/h4-6,9-10,19H,3,7-8,11H2,1-2H3,(H,20,23). The molecule has 0 saturated heterocycles. The molecule has 25 heavy (non-hydrogen) atoms. The first-order valence-electron chi connectivity index (χ1n) is 7.98. The third-order valence-electron chi connectivity index (χ3n) is 3.39. The van der Waals surface area contributed by atoms with Crippen LogP contribution in [-0.4, -0.2) is 41.4 Å². The topological polar surface area (TPSA) is 85.2 Å². The van der Waals surface area contributed by atoms with E-state index >= 15 is 0 Å². The molecular formula is C17H21ClN4O3. The van der Waals surface area contributed by atoms with Crippen LogP contribution in [0.25, 0.3) is 5.69 Å². The Bertz CT molecular complexity index is 745. The van der Waals surface area contributed by atoms with Gasteiger partial charge < -0.3 is 15.4 Å². The molecule has 8 heteroatoms. The minimum absolute atomic E-state index is 0.0852. The number of benzene rings is 1. The molecule has 0 radical (unpaired) electrons. The van der Waals surface area contributed by atoms with E-state index in [0.717, 1.165) is 5.69 Å². The Balaban J connectivity index is 2.21. The van der Waals surface area contributed by atoms with Gasteiger partial charge in [-0.1, -0.05) is 17.7 Å². The summed E-state index contributed by atoms with van der Waals surface area (Å²) in [6.45, 7) is 4.95. The summed E-state index contributed by atoms with van der Waals surface area (Å²) in [6.07, 6.45) is 1.49. The molecule has 0 aliphatic rings. The number of carbonyl (C=O) groups is 2. The van der Waals surface area contributed by atoms with E-state index in [1.165, 1.54) is 13.1 Å². The number of nitrogens with zero attached hydrogens (tertiary/aromatic N) is 2. The van der Waals surface area contributed by atoms with E-state index < -0.39 is 5.97 Å². The van der Waals surface area contributed by atoms with Gasteiger partial charge in [0.25, 0.3) is 0 Å². The molecule has 0 spiro atoms. The molecule has 2 aromatic rings. The fourth-order valence-electron chi connectivity index (χ4n) is 2.29. The second-order valence-electron chi connectivity index (χ2n) is 5.28. The largest absolute Gasteiger partial charge is 0.462 e. The fourth-order valence-corrected chi connectivity index (χ4v) is 2.47. The lowest BCUT2D eigenvalue weighted by Gasteiger charge is -2.11. The zero-order valence-electron chi connectivity index (χ0n) is 14.2. The smallest absolute Gasteiger partial charge is 0.341 e. The molecule has 1 aromatic heterocycles. The number of carbonyl (C=O) groups excluding carboxylic acids is 2. The summed E-state index contributed by atoms with van der Waals surface area (Å²) in [5.41, 5.74) is 1.82. The van der Waals surface area contributed by atoms with Crippen molar-refractivity contribution in [2.45, 2.75) is 20.4 Å². The maximum atomic E-state index is 12.2. The molecule has 0 aliphatic carbocycles. The number of hydrogen-bond acceptors (Lipinski definition) is 5. The first-order valence-corrected chi connectivity index (χ1v) is 8.35. The number of hydrogen-bond donors (Lipinski definition) is 2. The quantitative estimate of drug-likeness (QED) is 0.552. The van der Waals surface area contributed by atoms with Crippen LogP contribution in [-0.2, 0) is 16.1 Å². The Kier molecular flexibility index (Phi) is 6.97. The second-order valence-corrected chi connectivity index (χ2v) is 5.71. The first-order chi connectivity index (χ1) is 12.0. The number of ether oxygens (including phenoxy) is 1. The van der Waals surface area contributed by atoms with E-state index in [1.807, 2.05) is 12.1 Å². The molecule has 0 unspecified atom stereocenters. The Morgan fingerprint density at radius 1 is 1.32 bits per heavy atom. The highest BCUT2D eigenvalue weighted by molar-refractivity contribution is 6.30. The Morgan fingerprint density at radius 2 is 2.12 bits per heavy atom. The minimum atomic E-state index is -0.422. The van der Waals surface area contributed by atoms with Crippen LogP contribution in [0, 0.1) is 0 Å². The lowest BCUT2D eigenvalue weighted by molar-refractivity contribution is -0.118. The summed E-state index contributed by atoms with van der Waals surface area (Å²) in [4.78, 5) is 23.1. The van der Waals surface area contributed by atoms with Crippen LogP contribution in [0.3, 0.4) is 0 Å². The molecule has 0 saturated carbocycles. The summed E-state index contributed by atoms with van der Waals surface area (Å²) in [5.74, 6) is -0.507. The van der Waals surface area contributed by atoms with Crippen molar-refractivity contribution in [2.75, 3.05) is 19.7 Å². The van der Waals surface area contributed by atoms with Crippen molar-refractivity contribution in [3.63, 3.8) is 0 Å². The van der Waals surface area contributed by atoms with E-state index in [4.69, 9.17) is 16.3 Å². The summed E-state index contributed by atoms with van der Waals surface area (Å²) in [6, 6.07) is 7.21. The van der Waals surface area contributed by atoms with Crippen molar-refractivity contribution < 1.29 is 14.3 Å². The fraction of sp³-hybridized carbons (Fsp3) is 0.353. The van der Waals surface area contributed by atoms with E-state index in [-0.39, 0.29) is 12.5 Å². The number of esters is 1. The van der Waals surface area contributed by atoms with Crippen molar-refractivity contribution in [2.24, 2.45) is 0 Å². The average Bonchev–Trinajstić information content (AvgIpc) is 2.98. The van der Waals surface area contributed by atoms with Crippen molar-refractivity contribution in [3.05, 3.63) is 46.7 Å². The molecule has 0 aliphatic heterocycles. The van der Waals surface area contributed by atoms with Crippen molar-refractivity contribution in [1.82, 2.24) is 20.4 Å². The molecule has 1 amide bonds. The van der Waals surface area contributed by atoms with Gasteiger partial charge in [-0.15, -0.1) is 0 Å². The van der Waals surface area contributed by atoms with Crippen molar-refractivity contribution in [1.29, 1.82) is 0 Å². The molecule has 2 rings (SSSR count). The van der Waals surface area contributed by atoms with Gasteiger partial charge in [0.05, 0.1) is 24.2 Å². The van der Waals surface area contributed by atoms with Gasteiger partial charge in [0.1, 0.15) is 5.56 Å². The SMILES string of the molecule is CCOC(=O)c1cnn(-c2cccc(Cl)c2)c1CNCCNC(C)=O. The number of nitrogens with one attached hydrogen (secondary N) is 2. The summed E-state index contributed by atoms with van der Waals surface area (Å²) < 4.78 is 6.75. The van der Waals surface area contributed by atoms with Crippen LogP contribution in [0.15, 0.2) is 30.5 Å². The van der Waals surface area contributed by atoms with Gasteiger partial charge in [-0.25, -0.2) is 9.48 Å². The molecule has 7 nitrogen and oxygen atoms in total. The predicted molar refractivity (Wildman–Crippen MR) is 94.9 cm³/mol. The van der Waals surface area contributed by atoms with Gasteiger partial charge in [0.2, 0.25) is 5.91 Å². The Morgan fingerprint density at radius 3 is 2.80 bits per heavy atom. The van der Waals surface area contributed by atoms with Crippen LogP contribution in [0.4, 0.5) is 0 Å². The minimum Gasteiger partial charge on any atom is -0.462 e. The van der Waals surface area contributed by atoms with Gasteiger partial charge in [0, 0.05) is 31.6 Å². The lowest BCUT2D eigenvalue weighted by Crippen LogP contribution is -2.30. The number of rotatable bonds is 8. The van der Waals surface area contributed by atoms with Crippen LogP contribution >= 0.6 is 11.6 Å². The predicted octanol–water partition coefficient (Wildman–Crippen LogP) is 1.93. The van der Waals surface area contributed by atoms with Crippen LogP contribution < -0.4 is 10.6 Å². The van der Waals surface area contributed by atoms with Crippen molar-refractivity contribution >= 4 is 23.5 Å². The van der Waals surface area contributed by atoms with Crippen LogP contribution in [0.2, 0.25) is 5.02 Å². The molecule has 1 heterocycles. The summed E-state index contributed by atoms with van der Waals surface area (Å²) in [7, 11) is 0. The van der Waals surface area contributed by atoms with E-state index in [0.29, 0.717) is 35.9 Å². The number of amides is 1. The maximum absolute atomic E-state index is 12.2. The first kappa shape index (κ1) is 19.0. The maximum Gasteiger partial charge on any atom is 0.341 e. The zero-order chi connectivity index (χ0) is 18.2. The van der Waals surface area contributed by atoms with Gasteiger partial charge in [-0.3, -0.25) is 4.79 Å². The molecule has 0 bridgehead atoms. The zero-order valence-corrected chi connectivity index (χ0v) is 15.0. The highest BCUT2D eigenvalue weighted by Gasteiger charge is 2.19. The number of halogens is 1. The monoisotopic (exact) mass is 364 g/mol. The lowest BCUT2D eigenvalue weighted by atomic mass is 10.2. The Labute approximate surface area is 151 Å². The van der Waals surface area contributed by atoms with E-state index in [9.17, 15) is 9.59 Å². The normalized spacial score (nSPS) is 10.5. The Hall–Kier alpha value is -2.38. The third-order valence-corrected chi connectivity index (χ3v) is 3.62. The van der Waals surface area contributed by atoms with Gasteiger partial charge in [0.15, 0.2) is 0 Å². The highest BCUT2D eigenvalue weighted by Crippen LogP contribution is 2.19. The summed E-state index contributed by atoms with van der Waals surface area (Å²) >= 11 is 6.05. The van der Waals surface area contributed by atoms with E-state index in [2.05, 4.69) is 15.7 Å². The third kappa shape index (κ3) is 5.30. The average molecular weight is 365 g/mol. The molecular weight excluding hydrogens is 344 g/mol. The van der Waals surface area contributed by atoms with Crippen LogP contribution in [0.1, 0.15) is 29.9 Å². The van der Waals surface area contributed by atoms with Gasteiger partial charge >= 0.3 is 5.97 Å². The molecule has 0 fully saturated rings. The highest BCUT2D eigenvalue weighted by atomic mass is 35.5. The molecule has 1 aromatic carbocycles. The van der Waals surface area contributed by atoms with Crippen LogP contribution in [0.5, 0.6) is 0 Å². The number of aromatic nitrogens is 2.